The molecule has 3 N–H and O–H groups in total. The summed E-state index contributed by atoms with van der Waals surface area (Å²) in [6, 6.07) is 0. The Morgan fingerprint density at radius 2 is 1.67 bits per heavy atom. The zero-order valence-corrected chi connectivity index (χ0v) is 4.75. The molecule has 0 heterocycles. The Hall–Kier alpha value is 0.310. The van der Waals surface area contributed by atoms with Crippen molar-refractivity contribution in [2.75, 3.05) is 0 Å². The van der Waals surface area contributed by atoms with Gasteiger partial charge in [0.25, 0.3) is 0 Å². The van der Waals surface area contributed by atoms with Crippen LogP contribution < -0.4 is 6.15 Å². The minimum Gasteiger partial charge on any atom is -0.344 e. The van der Waals surface area contributed by atoms with Gasteiger partial charge in [-0.15, -0.1) is 0 Å². The first-order chi connectivity index (χ1) is 2.39. The molecule has 1 rings (SSSR count). The standard InChI is InChI=1S/C4H8S.H3N/c5-4-2-1-3-4;/h4-5H,1-3H2;1H3. The molecule has 0 aliphatic heterocycles. The van der Waals surface area contributed by atoms with E-state index in [4.69, 9.17) is 0 Å². The van der Waals surface area contributed by atoms with E-state index in [-0.39, 0.29) is 6.15 Å². The second kappa shape index (κ2) is 2.48. The van der Waals surface area contributed by atoms with E-state index in [0.717, 1.165) is 5.25 Å². The summed E-state index contributed by atoms with van der Waals surface area (Å²) < 4.78 is 0. The summed E-state index contributed by atoms with van der Waals surface area (Å²) in [5.41, 5.74) is 0. The van der Waals surface area contributed by atoms with Gasteiger partial charge in [-0.1, -0.05) is 6.42 Å². The van der Waals surface area contributed by atoms with E-state index >= 15 is 0 Å². The smallest absolute Gasteiger partial charge is 0.00168 e. The third kappa shape index (κ3) is 1.19. The van der Waals surface area contributed by atoms with Crippen LogP contribution in [0.4, 0.5) is 0 Å². The highest BCUT2D eigenvalue weighted by atomic mass is 32.1. The first-order valence-electron chi connectivity index (χ1n) is 2.07. The monoisotopic (exact) mass is 105 g/mol. The average molecular weight is 105 g/mol. The molecule has 0 atom stereocenters. The van der Waals surface area contributed by atoms with Crippen molar-refractivity contribution in [2.24, 2.45) is 0 Å². The van der Waals surface area contributed by atoms with Crippen LogP contribution in [0.5, 0.6) is 0 Å². The molecule has 0 radical (unpaired) electrons. The molecule has 0 saturated heterocycles. The lowest BCUT2D eigenvalue weighted by molar-refractivity contribution is 0.525. The van der Waals surface area contributed by atoms with Crippen molar-refractivity contribution in [1.29, 1.82) is 0 Å². The normalized spacial score (nSPS) is 21.5. The van der Waals surface area contributed by atoms with E-state index in [2.05, 4.69) is 12.6 Å². The first kappa shape index (κ1) is 6.31. The predicted molar refractivity (Wildman–Crippen MR) is 31.6 cm³/mol. The van der Waals surface area contributed by atoms with Crippen LogP contribution in [0.1, 0.15) is 19.3 Å². The largest absolute Gasteiger partial charge is 0.344 e. The van der Waals surface area contributed by atoms with Crippen molar-refractivity contribution in [2.45, 2.75) is 24.5 Å². The lowest BCUT2D eigenvalue weighted by atomic mass is 10.0. The first-order valence-corrected chi connectivity index (χ1v) is 2.59. The van der Waals surface area contributed by atoms with Crippen LogP contribution in [-0.4, -0.2) is 5.25 Å². The summed E-state index contributed by atoms with van der Waals surface area (Å²) in [7, 11) is 0. The molecule has 1 nitrogen and oxygen atoms in total. The maximum Gasteiger partial charge on any atom is 0.00168 e. The zero-order valence-electron chi connectivity index (χ0n) is 3.85. The summed E-state index contributed by atoms with van der Waals surface area (Å²) in [6.45, 7) is 0. The van der Waals surface area contributed by atoms with Crippen molar-refractivity contribution in [1.82, 2.24) is 6.15 Å². The van der Waals surface area contributed by atoms with Gasteiger partial charge in [-0.05, 0) is 12.8 Å². The number of hydrogen-bond donors (Lipinski definition) is 2. The topological polar surface area (TPSA) is 35.0 Å². The molecule has 0 aromatic rings. The van der Waals surface area contributed by atoms with E-state index in [0.29, 0.717) is 0 Å². The maximum atomic E-state index is 4.18. The van der Waals surface area contributed by atoms with E-state index in [9.17, 15) is 0 Å². The molecule has 1 saturated carbocycles. The summed E-state index contributed by atoms with van der Waals surface area (Å²) in [4.78, 5) is 0. The quantitative estimate of drug-likeness (QED) is 0.451. The highest BCUT2D eigenvalue weighted by molar-refractivity contribution is 7.81. The van der Waals surface area contributed by atoms with Crippen LogP contribution >= 0.6 is 12.6 Å². The van der Waals surface area contributed by atoms with Crippen LogP contribution in [-0.2, 0) is 0 Å². The van der Waals surface area contributed by atoms with Gasteiger partial charge < -0.3 is 6.15 Å². The molecule has 1 aliphatic carbocycles. The summed E-state index contributed by atoms with van der Waals surface area (Å²) in [6.07, 6.45) is 4.11. The van der Waals surface area contributed by atoms with Gasteiger partial charge in [-0.3, -0.25) is 0 Å². The minimum atomic E-state index is 0. The Bertz CT molecular complexity index is 34.5. The van der Waals surface area contributed by atoms with Crippen molar-refractivity contribution in [3.63, 3.8) is 0 Å². The van der Waals surface area contributed by atoms with Gasteiger partial charge in [0.1, 0.15) is 0 Å². The molecule has 0 unspecified atom stereocenters. The van der Waals surface area contributed by atoms with Crippen molar-refractivity contribution in [3.05, 3.63) is 0 Å². The highest BCUT2D eigenvalue weighted by Crippen LogP contribution is 2.22. The molecule has 2 heteroatoms. The molecule has 1 fully saturated rings. The second-order valence-corrected chi connectivity index (χ2v) is 2.32. The Morgan fingerprint density at radius 1 is 1.33 bits per heavy atom. The van der Waals surface area contributed by atoms with Crippen LogP contribution in [0, 0.1) is 0 Å². The molecular weight excluding hydrogens is 94.1 g/mol. The van der Waals surface area contributed by atoms with Gasteiger partial charge in [-0.2, -0.15) is 12.6 Å². The Balaban J connectivity index is 0.000000250. The summed E-state index contributed by atoms with van der Waals surface area (Å²) >= 11 is 4.18. The van der Waals surface area contributed by atoms with Crippen molar-refractivity contribution in [3.8, 4) is 0 Å². The molecular formula is C4H11NS. The third-order valence-electron chi connectivity index (χ3n) is 1.07. The maximum absolute atomic E-state index is 4.18. The van der Waals surface area contributed by atoms with Crippen LogP contribution in [0.15, 0.2) is 0 Å². The van der Waals surface area contributed by atoms with Crippen LogP contribution in [0.3, 0.4) is 0 Å². The predicted octanol–water partition coefficient (Wildman–Crippen LogP) is 1.63. The SMILES string of the molecule is N.SC1CCC1. The van der Waals surface area contributed by atoms with E-state index < -0.39 is 0 Å². The van der Waals surface area contributed by atoms with Crippen molar-refractivity contribution >= 4 is 12.6 Å². The lowest BCUT2D eigenvalue weighted by Crippen LogP contribution is -2.08. The van der Waals surface area contributed by atoms with E-state index in [1.165, 1.54) is 19.3 Å². The number of hydrogen-bond acceptors (Lipinski definition) is 2. The Labute approximate surface area is 44.1 Å². The van der Waals surface area contributed by atoms with Crippen molar-refractivity contribution < 1.29 is 0 Å². The molecule has 38 valence electrons. The number of rotatable bonds is 0. The van der Waals surface area contributed by atoms with Gasteiger partial charge in [0, 0.05) is 5.25 Å². The molecule has 0 spiro atoms. The van der Waals surface area contributed by atoms with Gasteiger partial charge in [0.2, 0.25) is 0 Å². The molecule has 0 aromatic heterocycles. The van der Waals surface area contributed by atoms with Crippen LogP contribution in [0.25, 0.3) is 0 Å². The molecule has 0 aromatic carbocycles. The highest BCUT2D eigenvalue weighted by Gasteiger charge is 2.10. The number of thiol groups is 1. The fourth-order valence-corrected chi connectivity index (χ4v) is 0.752. The van der Waals surface area contributed by atoms with E-state index in [1.807, 2.05) is 0 Å². The Kier molecular flexibility index (Phi) is 2.61. The second-order valence-electron chi connectivity index (χ2n) is 1.58. The molecule has 0 amide bonds. The van der Waals surface area contributed by atoms with E-state index in [1.54, 1.807) is 0 Å². The minimum absolute atomic E-state index is 0. The fraction of sp³-hybridized carbons (Fsp3) is 1.00. The Morgan fingerprint density at radius 3 is 1.67 bits per heavy atom. The third-order valence-corrected chi connectivity index (χ3v) is 1.59. The average Bonchev–Trinajstić information content (AvgIpc) is 1.30. The van der Waals surface area contributed by atoms with Gasteiger partial charge in [0.05, 0.1) is 0 Å². The molecule has 1 aliphatic rings. The van der Waals surface area contributed by atoms with Gasteiger partial charge in [0.15, 0.2) is 0 Å². The molecule has 6 heavy (non-hydrogen) atoms. The van der Waals surface area contributed by atoms with Gasteiger partial charge >= 0.3 is 0 Å². The van der Waals surface area contributed by atoms with Gasteiger partial charge in [-0.25, -0.2) is 0 Å². The lowest BCUT2D eigenvalue weighted by Gasteiger charge is -2.17. The molecule has 0 bridgehead atoms. The summed E-state index contributed by atoms with van der Waals surface area (Å²) in [5, 5.41) is 0.759. The zero-order chi connectivity index (χ0) is 3.70. The van der Waals surface area contributed by atoms with Crippen LogP contribution in [0.2, 0.25) is 0 Å². The summed E-state index contributed by atoms with van der Waals surface area (Å²) in [5.74, 6) is 0. The fourth-order valence-electron chi connectivity index (χ4n) is 0.387.